The van der Waals surface area contributed by atoms with Gasteiger partial charge in [0.2, 0.25) is 0 Å². The minimum absolute atomic E-state index is 0.0975. The number of ether oxygens (including phenoxy) is 2. The lowest BCUT2D eigenvalue weighted by Crippen LogP contribution is -2.30. The van der Waals surface area contributed by atoms with E-state index in [0.29, 0.717) is 27.9 Å². The Labute approximate surface area is 192 Å². The van der Waals surface area contributed by atoms with Crippen LogP contribution >= 0.6 is 11.6 Å². The number of para-hydroxylation sites is 1. The first-order chi connectivity index (χ1) is 15.3. The van der Waals surface area contributed by atoms with Crippen molar-refractivity contribution < 1.29 is 19.1 Å². The van der Waals surface area contributed by atoms with E-state index in [-0.39, 0.29) is 18.4 Å². The Bertz CT molecular complexity index is 1100. The van der Waals surface area contributed by atoms with Crippen LogP contribution in [0, 0.1) is 13.8 Å². The van der Waals surface area contributed by atoms with Gasteiger partial charge < -0.3 is 20.1 Å². The summed E-state index contributed by atoms with van der Waals surface area (Å²) in [5.41, 5.74) is 3.21. The summed E-state index contributed by atoms with van der Waals surface area (Å²) in [7, 11) is 0. The second-order valence-electron chi connectivity index (χ2n) is 7.36. The van der Waals surface area contributed by atoms with Crippen molar-refractivity contribution in [1.29, 1.82) is 0 Å². The van der Waals surface area contributed by atoms with E-state index in [0.717, 1.165) is 11.1 Å². The van der Waals surface area contributed by atoms with Gasteiger partial charge in [-0.2, -0.15) is 0 Å². The van der Waals surface area contributed by atoms with Gasteiger partial charge in [-0.05, 0) is 74.4 Å². The zero-order chi connectivity index (χ0) is 23.1. The fourth-order valence-electron chi connectivity index (χ4n) is 2.87. The van der Waals surface area contributed by atoms with Crippen LogP contribution in [0.25, 0.3) is 0 Å². The van der Waals surface area contributed by atoms with E-state index in [1.54, 1.807) is 55.5 Å². The Kier molecular flexibility index (Phi) is 7.73. The van der Waals surface area contributed by atoms with E-state index in [2.05, 4.69) is 10.6 Å². The van der Waals surface area contributed by atoms with E-state index >= 15 is 0 Å². The molecule has 166 valence electrons. The lowest BCUT2D eigenvalue weighted by atomic mass is 10.1. The Morgan fingerprint density at radius 2 is 1.56 bits per heavy atom. The minimum Gasteiger partial charge on any atom is -0.483 e. The molecule has 0 aliphatic carbocycles. The van der Waals surface area contributed by atoms with Gasteiger partial charge in [0.05, 0.1) is 5.02 Å². The predicted octanol–water partition coefficient (Wildman–Crippen LogP) is 5.38. The quantitative estimate of drug-likeness (QED) is 0.481. The lowest BCUT2D eigenvalue weighted by Gasteiger charge is -2.16. The van der Waals surface area contributed by atoms with E-state index in [1.807, 2.05) is 32.0 Å². The summed E-state index contributed by atoms with van der Waals surface area (Å²) in [6, 6.07) is 19.6. The second kappa shape index (κ2) is 10.7. The van der Waals surface area contributed by atoms with Crippen LogP contribution in [-0.2, 0) is 9.59 Å². The van der Waals surface area contributed by atoms with Crippen molar-refractivity contribution >= 4 is 34.8 Å². The van der Waals surface area contributed by atoms with E-state index in [9.17, 15) is 9.59 Å². The first-order valence-corrected chi connectivity index (χ1v) is 10.5. The fourth-order valence-corrected chi connectivity index (χ4v) is 3.05. The molecule has 0 heterocycles. The summed E-state index contributed by atoms with van der Waals surface area (Å²) in [5, 5.41) is 5.99. The van der Waals surface area contributed by atoms with Gasteiger partial charge in [-0.3, -0.25) is 9.59 Å². The molecular formula is C25H25ClN2O4. The molecule has 2 amide bonds. The molecule has 3 aromatic carbocycles. The normalized spacial score (nSPS) is 11.4. The van der Waals surface area contributed by atoms with Crippen LogP contribution in [0.2, 0.25) is 5.02 Å². The number of aryl methyl sites for hydroxylation is 2. The fraction of sp³-hybridized carbons (Fsp3) is 0.200. The second-order valence-corrected chi connectivity index (χ2v) is 7.77. The van der Waals surface area contributed by atoms with Crippen molar-refractivity contribution in [3.63, 3.8) is 0 Å². The first-order valence-electron chi connectivity index (χ1n) is 10.1. The monoisotopic (exact) mass is 452 g/mol. The third-order valence-corrected chi connectivity index (χ3v) is 4.96. The number of benzene rings is 3. The van der Waals surface area contributed by atoms with Gasteiger partial charge in [0.15, 0.2) is 12.7 Å². The number of carbonyl (C=O) groups is 2. The molecule has 0 spiro atoms. The minimum atomic E-state index is -0.739. The van der Waals surface area contributed by atoms with Crippen molar-refractivity contribution in [2.75, 3.05) is 17.2 Å². The van der Waals surface area contributed by atoms with Gasteiger partial charge in [0.1, 0.15) is 11.5 Å². The zero-order valence-electron chi connectivity index (χ0n) is 18.1. The number of amides is 2. The molecule has 3 aromatic rings. The van der Waals surface area contributed by atoms with E-state index in [1.165, 1.54) is 0 Å². The maximum absolute atomic E-state index is 12.4. The van der Waals surface area contributed by atoms with Crippen LogP contribution in [0.3, 0.4) is 0 Å². The topological polar surface area (TPSA) is 76.7 Å². The number of hydrogen-bond donors (Lipinski definition) is 2. The lowest BCUT2D eigenvalue weighted by molar-refractivity contribution is -0.122. The van der Waals surface area contributed by atoms with Crippen molar-refractivity contribution in [2.45, 2.75) is 26.9 Å². The maximum atomic E-state index is 12.4. The van der Waals surface area contributed by atoms with Crippen LogP contribution in [0.5, 0.6) is 11.5 Å². The van der Waals surface area contributed by atoms with Gasteiger partial charge in [0.25, 0.3) is 11.8 Å². The zero-order valence-corrected chi connectivity index (χ0v) is 18.9. The largest absolute Gasteiger partial charge is 0.483 e. The molecule has 7 heteroatoms. The highest BCUT2D eigenvalue weighted by molar-refractivity contribution is 6.32. The number of halogens is 1. The SMILES string of the molecule is Cc1ccc(C)c(OCC(=O)Nc2ccc(NC(=O)C(C)Oc3ccccc3Cl)cc2)c1. The van der Waals surface area contributed by atoms with E-state index < -0.39 is 6.10 Å². The molecule has 0 fully saturated rings. The van der Waals surface area contributed by atoms with Gasteiger partial charge in [0, 0.05) is 11.4 Å². The summed E-state index contributed by atoms with van der Waals surface area (Å²) in [4.78, 5) is 24.6. The summed E-state index contributed by atoms with van der Waals surface area (Å²) >= 11 is 6.06. The van der Waals surface area contributed by atoms with Gasteiger partial charge in [-0.15, -0.1) is 0 Å². The summed E-state index contributed by atoms with van der Waals surface area (Å²) in [5.74, 6) is 0.539. The molecular weight excluding hydrogens is 428 g/mol. The number of rotatable bonds is 8. The number of hydrogen-bond acceptors (Lipinski definition) is 4. The van der Waals surface area contributed by atoms with Gasteiger partial charge in [-0.1, -0.05) is 35.9 Å². The Hall–Kier alpha value is -3.51. The third-order valence-electron chi connectivity index (χ3n) is 4.65. The predicted molar refractivity (Wildman–Crippen MR) is 127 cm³/mol. The number of nitrogens with one attached hydrogen (secondary N) is 2. The standard InChI is InChI=1S/C25H25ClN2O4/c1-16-8-9-17(2)23(14-16)31-15-24(29)27-19-10-12-20(13-11-19)28-25(30)18(3)32-22-7-5-4-6-21(22)26/h4-14,18H,15H2,1-3H3,(H,27,29)(H,28,30). The highest BCUT2D eigenvalue weighted by Gasteiger charge is 2.16. The maximum Gasteiger partial charge on any atom is 0.265 e. The van der Waals surface area contributed by atoms with E-state index in [4.69, 9.17) is 21.1 Å². The van der Waals surface area contributed by atoms with Gasteiger partial charge >= 0.3 is 0 Å². The molecule has 32 heavy (non-hydrogen) atoms. The summed E-state index contributed by atoms with van der Waals surface area (Å²) in [6.45, 7) is 5.44. The van der Waals surface area contributed by atoms with Crippen LogP contribution < -0.4 is 20.1 Å². The molecule has 2 N–H and O–H groups in total. The number of anilines is 2. The Balaban J connectivity index is 1.49. The molecule has 1 unspecified atom stereocenters. The summed E-state index contributed by atoms with van der Waals surface area (Å²) < 4.78 is 11.2. The summed E-state index contributed by atoms with van der Waals surface area (Å²) in [6.07, 6.45) is -0.739. The number of carbonyl (C=O) groups excluding carboxylic acids is 2. The average molecular weight is 453 g/mol. The Morgan fingerprint density at radius 1 is 0.906 bits per heavy atom. The van der Waals surface area contributed by atoms with Crippen molar-refractivity contribution in [3.05, 3.63) is 82.9 Å². The first kappa shape index (κ1) is 23.2. The molecule has 0 aromatic heterocycles. The van der Waals surface area contributed by atoms with Crippen molar-refractivity contribution in [3.8, 4) is 11.5 Å². The Morgan fingerprint density at radius 3 is 2.25 bits per heavy atom. The van der Waals surface area contributed by atoms with Crippen molar-refractivity contribution in [2.24, 2.45) is 0 Å². The average Bonchev–Trinajstić information content (AvgIpc) is 2.77. The molecule has 0 bridgehead atoms. The molecule has 6 nitrogen and oxygen atoms in total. The highest BCUT2D eigenvalue weighted by Crippen LogP contribution is 2.24. The molecule has 0 aliphatic heterocycles. The van der Waals surface area contributed by atoms with Crippen LogP contribution in [0.4, 0.5) is 11.4 Å². The molecule has 0 aliphatic rings. The van der Waals surface area contributed by atoms with Crippen LogP contribution in [0.15, 0.2) is 66.7 Å². The molecule has 0 radical (unpaired) electrons. The smallest absolute Gasteiger partial charge is 0.265 e. The molecule has 3 rings (SSSR count). The molecule has 0 saturated heterocycles. The van der Waals surface area contributed by atoms with Crippen molar-refractivity contribution in [1.82, 2.24) is 0 Å². The molecule has 0 saturated carbocycles. The van der Waals surface area contributed by atoms with Gasteiger partial charge in [-0.25, -0.2) is 0 Å². The van der Waals surface area contributed by atoms with Crippen LogP contribution in [0.1, 0.15) is 18.1 Å². The molecule has 1 atom stereocenters. The highest BCUT2D eigenvalue weighted by atomic mass is 35.5. The van der Waals surface area contributed by atoms with Crippen LogP contribution in [-0.4, -0.2) is 24.5 Å². The third kappa shape index (κ3) is 6.49.